The molecule has 0 heterocycles. The van der Waals surface area contributed by atoms with Crippen LogP contribution in [0.5, 0.6) is 0 Å². The molecular formula is C4H18Cl2O4. The van der Waals surface area contributed by atoms with E-state index >= 15 is 0 Å². The van der Waals surface area contributed by atoms with Gasteiger partial charge in [-0.05, 0) is 0 Å². The molecule has 0 unspecified atom stereocenters. The number of aliphatic hydroxyl groups is 1. The van der Waals surface area contributed by atoms with Crippen molar-refractivity contribution in [3.63, 3.8) is 0 Å². The van der Waals surface area contributed by atoms with Gasteiger partial charge in [-0.3, -0.25) is 15.2 Å². The maximum Gasteiger partial charge on any atom is 0.0579 e. The van der Waals surface area contributed by atoms with Crippen LogP contribution in [0.3, 0.4) is 0 Å². The first-order chi connectivity index (χ1) is 4.00. The SMILES string of the molecule is C.C.CCl.CO.OCl.OO. The molecule has 4 N–H and O–H groups in total. The van der Waals surface area contributed by atoms with Gasteiger partial charge in [-0.2, -0.15) is 0 Å². The third-order valence-corrected chi connectivity index (χ3v) is 0. The summed E-state index contributed by atoms with van der Waals surface area (Å²) < 4.78 is 6.47. The van der Waals surface area contributed by atoms with Crippen molar-refractivity contribution in [2.45, 2.75) is 14.9 Å². The fraction of sp³-hybridized carbons (Fsp3) is 1.00. The molecule has 6 heteroatoms. The van der Waals surface area contributed by atoms with Crippen molar-refractivity contribution in [1.29, 1.82) is 0 Å². The van der Waals surface area contributed by atoms with Crippen molar-refractivity contribution in [1.82, 2.24) is 0 Å². The van der Waals surface area contributed by atoms with E-state index in [0.29, 0.717) is 0 Å². The lowest BCUT2D eigenvalue weighted by atomic mass is 11.8. The Balaban J connectivity index is -0.00000000500. The molecule has 0 aliphatic heterocycles. The highest BCUT2D eigenvalue weighted by atomic mass is 35.5. The summed E-state index contributed by atoms with van der Waals surface area (Å²) in [6, 6.07) is 0. The first kappa shape index (κ1) is 47.3. The monoisotopic (exact) mass is 200 g/mol. The highest BCUT2D eigenvalue weighted by Crippen LogP contribution is 1.34. The van der Waals surface area contributed by atoms with Gasteiger partial charge in [0.15, 0.2) is 0 Å². The second-order valence-corrected chi connectivity index (χ2v) is 0. The van der Waals surface area contributed by atoms with Crippen molar-refractivity contribution < 1.29 is 20.3 Å². The second-order valence-electron chi connectivity index (χ2n) is 0. The van der Waals surface area contributed by atoms with E-state index in [4.69, 9.17) is 20.3 Å². The molecule has 0 saturated carbocycles. The van der Waals surface area contributed by atoms with Crippen LogP contribution in [0, 0.1) is 0 Å². The van der Waals surface area contributed by atoms with Gasteiger partial charge in [0.05, 0.1) is 11.9 Å². The van der Waals surface area contributed by atoms with Gasteiger partial charge < -0.3 is 5.11 Å². The lowest BCUT2D eigenvalue weighted by molar-refractivity contribution is -0.176. The van der Waals surface area contributed by atoms with E-state index in [1.807, 2.05) is 0 Å². The molecule has 0 fully saturated rings. The minimum atomic E-state index is 0. The van der Waals surface area contributed by atoms with Gasteiger partial charge in [0.2, 0.25) is 0 Å². The van der Waals surface area contributed by atoms with Gasteiger partial charge in [-0.25, -0.2) is 0 Å². The van der Waals surface area contributed by atoms with Crippen LogP contribution in [0.4, 0.5) is 0 Å². The summed E-state index contributed by atoms with van der Waals surface area (Å²) in [5.41, 5.74) is 0. The zero-order valence-electron chi connectivity index (χ0n) is 4.54. The third kappa shape index (κ3) is 2630. The Kier molecular flexibility index (Phi) is 17900. The summed E-state index contributed by atoms with van der Waals surface area (Å²) in [5.74, 6) is 0. The Hall–Kier alpha value is 0.420. The number of rotatable bonds is 0. The molecule has 4 nitrogen and oxygen atoms in total. The van der Waals surface area contributed by atoms with Crippen LogP contribution in [0.1, 0.15) is 14.9 Å². The minimum Gasteiger partial charge on any atom is -0.400 e. The number of aliphatic hydroxyl groups excluding tert-OH is 1. The molecule has 0 radical (unpaired) electrons. The standard InChI is InChI=1S/CH3Cl.CH4O.2CH4.ClHO.H2O2/c2*1-2;;;2*1-2/h1H3;2H,1H3;2*1H4;2H;1-2H. The van der Waals surface area contributed by atoms with Crippen molar-refractivity contribution >= 4 is 23.5 Å². The molecule has 0 aromatic heterocycles. The van der Waals surface area contributed by atoms with Crippen molar-refractivity contribution in [2.24, 2.45) is 0 Å². The van der Waals surface area contributed by atoms with E-state index in [1.54, 1.807) is 0 Å². The molecule has 0 aromatic rings. The summed E-state index contributed by atoms with van der Waals surface area (Å²) in [6.45, 7) is 0. The largest absolute Gasteiger partial charge is 0.400 e. The summed E-state index contributed by atoms with van der Waals surface area (Å²) in [5, 5.41) is 19.0. The van der Waals surface area contributed by atoms with E-state index in [0.717, 1.165) is 7.11 Å². The quantitative estimate of drug-likeness (QED) is 0.274. The first-order valence-corrected chi connectivity index (χ1v) is 2.29. The van der Waals surface area contributed by atoms with Crippen LogP contribution in [0.15, 0.2) is 0 Å². The van der Waals surface area contributed by atoms with Gasteiger partial charge in [-0.1, -0.05) is 14.9 Å². The van der Waals surface area contributed by atoms with Crippen LogP contribution in [0.25, 0.3) is 0 Å². The Bertz CT molecular complexity index is 15.2. The van der Waals surface area contributed by atoms with Crippen molar-refractivity contribution in [2.75, 3.05) is 13.5 Å². The lowest BCUT2D eigenvalue weighted by Crippen LogP contribution is -1.29. The van der Waals surface area contributed by atoms with Crippen molar-refractivity contribution in [3.05, 3.63) is 0 Å². The average Bonchev–Trinajstić information content (AvgIpc) is 2.03. The zero-order chi connectivity index (χ0) is 8.00. The Labute approximate surface area is 72.7 Å². The average molecular weight is 201 g/mol. The summed E-state index contributed by atoms with van der Waals surface area (Å²) >= 11 is 8.28. The fourth-order valence-corrected chi connectivity index (χ4v) is 0. The van der Waals surface area contributed by atoms with E-state index in [9.17, 15) is 0 Å². The van der Waals surface area contributed by atoms with Crippen LogP contribution in [-0.4, -0.2) is 33.8 Å². The van der Waals surface area contributed by atoms with E-state index < -0.39 is 0 Å². The molecule has 0 aliphatic carbocycles. The van der Waals surface area contributed by atoms with Crippen LogP contribution < -0.4 is 0 Å². The highest BCUT2D eigenvalue weighted by Gasteiger charge is 0.943. The van der Waals surface area contributed by atoms with Gasteiger partial charge in [0.25, 0.3) is 0 Å². The number of alkyl halides is 1. The predicted molar refractivity (Wildman–Crippen MR) is 46.7 cm³/mol. The Morgan fingerprint density at radius 1 is 0.800 bits per heavy atom. The summed E-state index contributed by atoms with van der Waals surface area (Å²) in [6.07, 6.45) is 1.47. The third-order valence-electron chi connectivity index (χ3n) is 0. The number of hydrogen-bond donors (Lipinski definition) is 4. The normalized spacial score (nSPS) is 2.40. The van der Waals surface area contributed by atoms with Gasteiger partial charge in [0.1, 0.15) is 0 Å². The molecular weight excluding hydrogens is 183 g/mol. The lowest BCUT2D eigenvalue weighted by Gasteiger charge is -1.25. The van der Waals surface area contributed by atoms with Crippen molar-refractivity contribution in [3.8, 4) is 0 Å². The number of hydrogen-bond acceptors (Lipinski definition) is 4. The predicted octanol–water partition coefficient (Wildman–Crippen LogP) is 1.89. The van der Waals surface area contributed by atoms with E-state index in [2.05, 4.69) is 23.5 Å². The van der Waals surface area contributed by atoms with Gasteiger partial charge in [0, 0.05) is 13.5 Å². The maximum atomic E-state index is 7.00. The van der Waals surface area contributed by atoms with Gasteiger partial charge in [-0.15, -0.1) is 11.6 Å². The molecule has 0 spiro atoms. The molecule has 72 valence electrons. The zero-order valence-corrected chi connectivity index (χ0v) is 6.06. The van der Waals surface area contributed by atoms with E-state index in [1.165, 1.54) is 6.38 Å². The molecule has 0 aliphatic rings. The fourth-order valence-electron chi connectivity index (χ4n) is 0. The van der Waals surface area contributed by atoms with E-state index in [-0.39, 0.29) is 14.9 Å². The molecule has 0 atom stereocenters. The van der Waals surface area contributed by atoms with Gasteiger partial charge >= 0.3 is 0 Å². The Morgan fingerprint density at radius 3 is 0.800 bits per heavy atom. The summed E-state index contributed by atoms with van der Waals surface area (Å²) in [7, 11) is 1.00. The minimum absolute atomic E-state index is 0. The smallest absolute Gasteiger partial charge is 0.0579 e. The first-order valence-electron chi connectivity index (χ1n) is 1.19. The van der Waals surface area contributed by atoms with Crippen LogP contribution in [0.2, 0.25) is 0 Å². The molecule has 0 aromatic carbocycles. The number of halogens is 2. The molecule has 0 amide bonds. The van der Waals surface area contributed by atoms with Crippen LogP contribution >= 0.6 is 23.5 Å². The van der Waals surface area contributed by atoms with Crippen LogP contribution in [-0.2, 0) is 0 Å². The topological polar surface area (TPSA) is 80.9 Å². The maximum absolute atomic E-state index is 7.00. The molecule has 0 saturated heterocycles. The Morgan fingerprint density at radius 2 is 0.800 bits per heavy atom. The highest BCUT2D eigenvalue weighted by molar-refractivity contribution is 6.15. The molecule has 10 heavy (non-hydrogen) atoms. The summed E-state index contributed by atoms with van der Waals surface area (Å²) in [4.78, 5) is 0. The molecule has 0 bridgehead atoms. The second kappa shape index (κ2) is 3790. The molecule has 0 rings (SSSR count).